The van der Waals surface area contributed by atoms with Gasteiger partial charge in [-0.25, -0.2) is 9.59 Å². The van der Waals surface area contributed by atoms with Gasteiger partial charge in [0, 0.05) is 29.9 Å². The van der Waals surface area contributed by atoms with E-state index in [1.165, 1.54) is 7.11 Å². The third-order valence-electron chi connectivity index (χ3n) is 8.67. The average Bonchev–Trinajstić information content (AvgIpc) is 3.58. The maximum absolute atomic E-state index is 14.2. The van der Waals surface area contributed by atoms with Crippen molar-refractivity contribution in [2.45, 2.75) is 64.4 Å². The Balaban J connectivity index is 1.36. The summed E-state index contributed by atoms with van der Waals surface area (Å²) in [5.74, 6) is -1.03. The highest BCUT2D eigenvalue weighted by molar-refractivity contribution is 5.94. The predicted molar refractivity (Wildman–Crippen MR) is 202 cm³/mol. The Morgan fingerprint density at radius 2 is 1.23 bits per heavy atom. The van der Waals surface area contributed by atoms with Crippen molar-refractivity contribution in [2.24, 2.45) is 5.92 Å². The van der Waals surface area contributed by atoms with E-state index in [0.717, 1.165) is 33.2 Å². The van der Waals surface area contributed by atoms with Crippen LogP contribution in [0.3, 0.4) is 0 Å². The highest BCUT2D eigenvalue weighted by Crippen LogP contribution is 2.20. The quantitative estimate of drug-likeness (QED) is 0.0861. The molecule has 0 bridgehead atoms. The minimum atomic E-state index is -1.13. The van der Waals surface area contributed by atoms with Gasteiger partial charge in [0.25, 0.3) is 0 Å². The van der Waals surface area contributed by atoms with Crippen molar-refractivity contribution in [1.29, 1.82) is 0 Å². The zero-order valence-corrected chi connectivity index (χ0v) is 30.2. The van der Waals surface area contributed by atoms with Crippen molar-refractivity contribution in [3.8, 4) is 5.75 Å². The van der Waals surface area contributed by atoms with Crippen LogP contribution in [0, 0.1) is 5.92 Å². The molecular weight excluding hydrogens is 672 g/mol. The lowest BCUT2D eigenvalue weighted by molar-refractivity contribution is -0.145. The zero-order valence-electron chi connectivity index (χ0n) is 30.2. The largest absolute Gasteiger partial charge is 0.489 e. The molecule has 0 saturated carbocycles. The maximum Gasteiger partial charge on any atom is 0.408 e. The third-order valence-corrected chi connectivity index (χ3v) is 8.67. The van der Waals surface area contributed by atoms with Crippen molar-refractivity contribution in [3.05, 3.63) is 138 Å². The number of methoxy groups -OCH3 is 1. The summed E-state index contributed by atoms with van der Waals surface area (Å²) in [5.41, 5.74) is 4.21. The van der Waals surface area contributed by atoms with Crippen LogP contribution in [0.15, 0.2) is 115 Å². The van der Waals surface area contributed by atoms with Gasteiger partial charge in [-0.05, 0) is 52.8 Å². The SMILES string of the molecule is COC(=O)[C@H](CC(C)C)NC(=O)[C@@H](Cc1c[nH]c2ccccc12)NC(=O)[C@H](Cc1ccc(OCc2ccccc2)cc1)NC(=O)OCc1ccccc1. The molecule has 3 amide bonds. The van der Waals surface area contributed by atoms with E-state index in [2.05, 4.69) is 20.9 Å². The second kappa shape index (κ2) is 18.9. The first-order valence-corrected chi connectivity index (χ1v) is 17.6. The average molecular weight is 719 g/mol. The number of aromatic nitrogens is 1. The molecule has 5 rings (SSSR count). The van der Waals surface area contributed by atoms with Crippen molar-refractivity contribution >= 4 is 34.8 Å². The molecule has 4 aromatic carbocycles. The summed E-state index contributed by atoms with van der Waals surface area (Å²) >= 11 is 0. The molecule has 0 spiro atoms. The second-order valence-corrected chi connectivity index (χ2v) is 13.2. The fourth-order valence-corrected chi connectivity index (χ4v) is 5.92. The van der Waals surface area contributed by atoms with Crippen LogP contribution in [0.1, 0.15) is 42.5 Å². The standard InChI is InChI=1S/C42H46N4O7/c1-28(2)22-38(41(49)51-3)45-40(48)37(24-32-25-43-35-17-11-10-16-34(32)35)44-39(47)36(46-42(50)53-27-31-14-8-5-9-15-31)23-29-18-20-33(21-19-29)52-26-30-12-6-4-7-13-30/h4-21,25,28,36-38,43H,22-24,26-27H2,1-3H3,(H,44,47)(H,45,48)(H,46,50)/t36-,37+,38-/m0/s1. The van der Waals surface area contributed by atoms with E-state index >= 15 is 0 Å². The smallest absolute Gasteiger partial charge is 0.408 e. The number of nitrogens with one attached hydrogen (secondary N) is 4. The van der Waals surface area contributed by atoms with Crippen molar-refractivity contribution in [1.82, 2.24) is 20.9 Å². The number of para-hydroxylation sites is 1. The van der Waals surface area contributed by atoms with Gasteiger partial charge >= 0.3 is 12.1 Å². The minimum Gasteiger partial charge on any atom is -0.489 e. The van der Waals surface area contributed by atoms with Crippen LogP contribution in [0.2, 0.25) is 0 Å². The molecule has 276 valence electrons. The first-order valence-electron chi connectivity index (χ1n) is 17.6. The lowest BCUT2D eigenvalue weighted by Gasteiger charge is -2.25. The monoisotopic (exact) mass is 718 g/mol. The topological polar surface area (TPSA) is 148 Å². The van der Waals surface area contributed by atoms with Crippen LogP contribution in [-0.4, -0.2) is 54.1 Å². The molecule has 0 unspecified atom stereocenters. The number of fused-ring (bicyclic) bond motifs is 1. The van der Waals surface area contributed by atoms with Gasteiger partial charge in [-0.3, -0.25) is 9.59 Å². The Morgan fingerprint density at radius 1 is 0.642 bits per heavy atom. The molecule has 0 aliphatic heterocycles. The van der Waals surface area contributed by atoms with Gasteiger partial charge < -0.3 is 35.1 Å². The summed E-state index contributed by atoms with van der Waals surface area (Å²) in [4.78, 5) is 57.1. The van der Waals surface area contributed by atoms with Crippen molar-refractivity contribution in [2.75, 3.05) is 7.11 Å². The molecule has 11 nitrogen and oxygen atoms in total. The molecule has 0 radical (unpaired) electrons. The highest BCUT2D eigenvalue weighted by atomic mass is 16.5. The molecule has 1 heterocycles. The molecule has 0 aliphatic carbocycles. The molecule has 5 aromatic rings. The van der Waals surface area contributed by atoms with Gasteiger partial charge in [0.1, 0.15) is 37.1 Å². The Kier molecular flexibility index (Phi) is 13.6. The third kappa shape index (κ3) is 11.4. The number of rotatable bonds is 17. The van der Waals surface area contributed by atoms with E-state index in [-0.39, 0.29) is 25.4 Å². The van der Waals surface area contributed by atoms with Crippen LogP contribution >= 0.6 is 0 Å². The van der Waals surface area contributed by atoms with Crippen molar-refractivity contribution in [3.63, 3.8) is 0 Å². The van der Waals surface area contributed by atoms with Crippen LogP contribution in [0.25, 0.3) is 10.9 Å². The Hall–Kier alpha value is -6.10. The Bertz CT molecular complexity index is 1950. The summed E-state index contributed by atoms with van der Waals surface area (Å²) in [6.45, 7) is 4.27. The number of benzene rings is 4. The van der Waals surface area contributed by atoms with Crippen molar-refractivity contribution < 1.29 is 33.4 Å². The maximum atomic E-state index is 14.2. The molecule has 1 aromatic heterocycles. The second-order valence-electron chi connectivity index (χ2n) is 13.2. The number of carbonyl (C=O) groups is 4. The fourth-order valence-electron chi connectivity index (χ4n) is 5.92. The van der Waals surface area contributed by atoms with Gasteiger partial charge in [-0.1, -0.05) is 105 Å². The number of ether oxygens (including phenoxy) is 3. The number of hydrogen-bond donors (Lipinski definition) is 4. The predicted octanol–water partition coefficient (Wildman–Crippen LogP) is 6.02. The van der Waals surface area contributed by atoms with E-state index in [0.29, 0.717) is 18.8 Å². The van der Waals surface area contributed by atoms with Crippen LogP contribution in [0.5, 0.6) is 5.75 Å². The number of H-pyrrole nitrogens is 1. The van der Waals surface area contributed by atoms with E-state index in [4.69, 9.17) is 14.2 Å². The molecule has 0 fully saturated rings. The van der Waals surface area contributed by atoms with E-state index < -0.39 is 42.0 Å². The molecule has 0 aliphatic rings. The van der Waals surface area contributed by atoms with Gasteiger partial charge in [-0.15, -0.1) is 0 Å². The Labute approximate surface area is 309 Å². The first kappa shape index (κ1) is 38.1. The van der Waals surface area contributed by atoms with Crippen LogP contribution in [0.4, 0.5) is 4.79 Å². The minimum absolute atomic E-state index is 0.00479. The Morgan fingerprint density at radius 3 is 1.87 bits per heavy atom. The molecule has 53 heavy (non-hydrogen) atoms. The van der Waals surface area contributed by atoms with E-state index in [9.17, 15) is 19.2 Å². The number of carbonyl (C=O) groups excluding carboxylic acids is 4. The number of amides is 3. The van der Waals surface area contributed by atoms with Gasteiger partial charge in [-0.2, -0.15) is 0 Å². The van der Waals surface area contributed by atoms with Gasteiger partial charge in [0.15, 0.2) is 0 Å². The number of hydrogen-bond acceptors (Lipinski definition) is 7. The number of alkyl carbamates (subject to hydrolysis) is 1. The summed E-state index contributed by atoms with van der Waals surface area (Å²) < 4.78 is 16.4. The summed E-state index contributed by atoms with van der Waals surface area (Å²) in [6, 6.07) is 30.7. The summed E-state index contributed by atoms with van der Waals surface area (Å²) in [5, 5.41) is 9.27. The summed E-state index contributed by atoms with van der Waals surface area (Å²) in [7, 11) is 1.27. The molecule has 0 saturated heterocycles. The normalized spacial score (nSPS) is 12.7. The molecular formula is C42H46N4O7. The van der Waals surface area contributed by atoms with E-state index in [1.54, 1.807) is 18.3 Å². The molecule has 11 heteroatoms. The number of aromatic amines is 1. The highest BCUT2D eigenvalue weighted by Gasteiger charge is 2.31. The lowest BCUT2D eigenvalue weighted by Crippen LogP contribution is -2.57. The number of esters is 1. The van der Waals surface area contributed by atoms with Gasteiger partial charge in [0.2, 0.25) is 11.8 Å². The van der Waals surface area contributed by atoms with Crippen LogP contribution < -0.4 is 20.7 Å². The molecule has 3 atom stereocenters. The summed E-state index contributed by atoms with van der Waals surface area (Å²) in [6.07, 6.45) is 1.54. The van der Waals surface area contributed by atoms with Crippen LogP contribution in [-0.2, 0) is 49.9 Å². The molecule has 4 N–H and O–H groups in total. The zero-order chi connectivity index (χ0) is 37.6. The fraction of sp³-hybridized carbons (Fsp3) is 0.286. The first-order chi connectivity index (χ1) is 25.7. The van der Waals surface area contributed by atoms with E-state index in [1.807, 2.05) is 111 Å². The van der Waals surface area contributed by atoms with Gasteiger partial charge in [0.05, 0.1) is 7.11 Å². The lowest BCUT2D eigenvalue weighted by atomic mass is 10.0.